The lowest BCUT2D eigenvalue weighted by Gasteiger charge is -2.16. The molecule has 2 amide bonds. The number of hydrogen-bond donors (Lipinski definition) is 2. The fraction of sp³-hybridized carbons (Fsp3) is 0.300. The summed E-state index contributed by atoms with van der Waals surface area (Å²) < 4.78 is 10.4. The second-order valence-corrected chi connectivity index (χ2v) is 6.43. The van der Waals surface area contributed by atoms with Gasteiger partial charge in [-0.15, -0.1) is 0 Å². The number of rotatable bonds is 6. The predicted octanol–water partition coefficient (Wildman–Crippen LogP) is 3.37. The van der Waals surface area contributed by atoms with E-state index in [1.165, 1.54) is 7.11 Å². The summed E-state index contributed by atoms with van der Waals surface area (Å²) in [7, 11) is 3.08. The largest absolute Gasteiger partial charge is 0.493 e. The van der Waals surface area contributed by atoms with Gasteiger partial charge in [0.2, 0.25) is 11.8 Å². The molecule has 136 valence electrons. The molecule has 6 nitrogen and oxygen atoms in total. The van der Waals surface area contributed by atoms with E-state index < -0.39 is 5.41 Å². The van der Waals surface area contributed by atoms with Gasteiger partial charge >= 0.3 is 0 Å². The molecule has 2 aromatic rings. The number of benzene rings is 2. The first-order valence-corrected chi connectivity index (χ1v) is 8.40. The summed E-state index contributed by atoms with van der Waals surface area (Å²) in [4.78, 5) is 25.4. The van der Waals surface area contributed by atoms with Crippen LogP contribution in [0.3, 0.4) is 0 Å². The van der Waals surface area contributed by atoms with E-state index in [1.54, 1.807) is 25.3 Å². The molecular weight excluding hydrogens is 332 g/mol. The van der Waals surface area contributed by atoms with Crippen molar-refractivity contribution in [3.63, 3.8) is 0 Å². The lowest BCUT2D eigenvalue weighted by atomic mass is 10.0. The topological polar surface area (TPSA) is 76.7 Å². The highest BCUT2D eigenvalue weighted by Crippen LogP contribution is 2.47. The standard InChI is InChI=1S/C20H22N2O4/c1-13-5-4-6-14(11-13)21-18(23)20(9-10-20)19(24)22-15-7-8-16(25-2)17(12-15)26-3/h4-8,11-12H,9-10H2,1-3H3,(H,21,23)(H,22,24). The van der Waals surface area contributed by atoms with E-state index in [1.807, 2.05) is 31.2 Å². The van der Waals surface area contributed by atoms with E-state index >= 15 is 0 Å². The van der Waals surface area contributed by atoms with E-state index in [-0.39, 0.29) is 11.8 Å². The molecule has 1 aliphatic rings. The van der Waals surface area contributed by atoms with Gasteiger partial charge in [0, 0.05) is 17.4 Å². The van der Waals surface area contributed by atoms with Gasteiger partial charge in [-0.1, -0.05) is 12.1 Å². The third-order valence-corrected chi connectivity index (χ3v) is 4.54. The van der Waals surface area contributed by atoms with E-state index in [2.05, 4.69) is 10.6 Å². The number of amides is 2. The first kappa shape index (κ1) is 17.8. The molecule has 1 saturated carbocycles. The number of anilines is 2. The van der Waals surface area contributed by atoms with Crippen molar-refractivity contribution in [2.75, 3.05) is 24.9 Å². The Hall–Kier alpha value is -3.02. The maximum atomic E-state index is 12.7. The third-order valence-electron chi connectivity index (χ3n) is 4.54. The molecule has 0 aromatic heterocycles. The van der Waals surface area contributed by atoms with Crippen molar-refractivity contribution in [2.24, 2.45) is 5.41 Å². The normalized spacial score (nSPS) is 14.3. The zero-order chi connectivity index (χ0) is 18.7. The van der Waals surface area contributed by atoms with Crippen LogP contribution < -0.4 is 20.1 Å². The molecule has 1 fully saturated rings. The van der Waals surface area contributed by atoms with Crippen LogP contribution in [0, 0.1) is 12.3 Å². The Morgan fingerprint density at radius 1 is 0.885 bits per heavy atom. The van der Waals surface area contributed by atoms with Crippen molar-refractivity contribution in [3.8, 4) is 11.5 Å². The average Bonchev–Trinajstić information content (AvgIpc) is 3.43. The van der Waals surface area contributed by atoms with E-state index in [0.717, 1.165) is 5.56 Å². The van der Waals surface area contributed by atoms with Gasteiger partial charge in [-0.25, -0.2) is 0 Å². The first-order chi connectivity index (χ1) is 12.5. The summed E-state index contributed by atoms with van der Waals surface area (Å²) in [5.41, 5.74) is 1.28. The maximum Gasteiger partial charge on any atom is 0.240 e. The van der Waals surface area contributed by atoms with Crippen LogP contribution in [0.25, 0.3) is 0 Å². The lowest BCUT2D eigenvalue weighted by Crippen LogP contribution is -2.35. The zero-order valence-electron chi connectivity index (χ0n) is 15.1. The van der Waals surface area contributed by atoms with E-state index in [4.69, 9.17) is 9.47 Å². The van der Waals surface area contributed by atoms with Gasteiger partial charge in [0.25, 0.3) is 0 Å². The fourth-order valence-corrected chi connectivity index (χ4v) is 2.82. The molecule has 1 aliphatic carbocycles. The van der Waals surface area contributed by atoms with Crippen LogP contribution in [0.15, 0.2) is 42.5 Å². The van der Waals surface area contributed by atoms with Crippen molar-refractivity contribution >= 4 is 23.2 Å². The minimum atomic E-state index is -1.02. The molecule has 2 aromatic carbocycles. The highest BCUT2D eigenvalue weighted by atomic mass is 16.5. The SMILES string of the molecule is COc1ccc(NC(=O)C2(C(=O)Nc3cccc(C)c3)CC2)cc1OC. The predicted molar refractivity (Wildman–Crippen MR) is 99.7 cm³/mol. The van der Waals surface area contributed by atoms with Crippen LogP contribution in [-0.2, 0) is 9.59 Å². The van der Waals surface area contributed by atoms with Gasteiger partial charge in [-0.2, -0.15) is 0 Å². The Kier molecular flexibility index (Phi) is 4.84. The molecule has 0 saturated heterocycles. The number of methoxy groups -OCH3 is 2. The minimum Gasteiger partial charge on any atom is -0.493 e. The van der Waals surface area contributed by atoms with Gasteiger partial charge in [0.15, 0.2) is 11.5 Å². The van der Waals surface area contributed by atoms with Gasteiger partial charge in [-0.3, -0.25) is 9.59 Å². The summed E-state index contributed by atoms with van der Waals surface area (Å²) in [5, 5.41) is 5.66. The maximum absolute atomic E-state index is 12.7. The summed E-state index contributed by atoms with van der Waals surface area (Å²) in [6.45, 7) is 1.95. The van der Waals surface area contributed by atoms with Crippen LogP contribution in [0.5, 0.6) is 11.5 Å². The van der Waals surface area contributed by atoms with Gasteiger partial charge in [0.1, 0.15) is 5.41 Å². The van der Waals surface area contributed by atoms with Crippen molar-refractivity contribution in [1.82, 2.24) is 0 Å². The molecule has 0 unspecified atom stereocenters. The molecule has 3 rings (SSSR count). The second-order valence-electron chi connectivity index (χ2n) is 6.43. The molecular formula is C20H22N2O4. The number of ether oxygens (including phenoxy) is 2. The lowest BCUT2D eigenvalue weighted by molar-refractivity contribution is -0.131. The molecule has 0 atom stereocenters. The van der Waals surface area contributed by atoms with Gasteiger partial charge in [-0.05, 0) is 49.6 Å². The molecule has 0 bridgehead atoms. The van der Waals surface area contributed by atoms with E-state index in [9.17, 15) is 9.59 Å². The molecule has 0 aliphatic heterocycles. The highest BCUT2D eigenvalue weighted by molar-refractivity contribution is 6.16. The number of carbonyl (C=O) groups is 2. The van der Waals surface area contributed by atoms with Gasteiger partial charge in [0.05, 0.1) is 14.2 Å². The van der Waals surface area contributed by atoms with Crippen molar-refractivity contribution in [1.29, 1.82) is 0 Å². The Morgan fingerprint density at radius 2 is 1.50 bits per heavy atom. The number of carbonyl (C=O) groups excluding carboxylic acids is 2. The number of aryl methyl sites for hydroxylation is 1. The van der Waals surface area contributed by atoms with Crippen LogP contribution in [0.2, 0.25) is 0 Å². The van der Waals surface area contributed by atoms with Crippen molar-refractivity contribution < 1.29 is 19.1 Å². The minimum absolute atomic E-state index is 0.277. The molecule has 0 heterocycles. The van der Waals surface area contributed by atoms with Crippen LogP contribution in [-0.4, -0.2) is 26.0 Å². The van der Waals surface area contributed by atoms with E-state index in [0.29, 0.717) is 35.7 Å². The monoisotopic (exact) mass is 354 g/mol. The molecule has 6 heteroatoms. The molecule has 0 radical (unpaired) electrons. The Morgan fingerprint density at radius 3 is 2.04 bits per heavy atom. The summed E-state index contributed by atoms with van der Waals surface area (Å²) in [5.74, 6) is 0.499. The van der Waals surface area contributed by atoms with Crippen LogP contribution in [0.4, 0.5) is 11.4 Å². The molecule has 0 spiro atoms. The van der Waals surface area contributed by atoms with Gasteiger partial charge < -0.3 is 20.1 Å². The summed E-state index contributed by atoms with van der Waals surface area (Å²) in [6, 6.07) is 12.6. The second kappa shape index (κ2) is 7.07. The quantitative estimate of drug-likeness (QED) is 0.780. The molecule has 26 heavy (non-hydrogen) atoms. The third kappa shape index (κ3) is 3.49. The van der Waals surface area contributed by atoms with Crippen molar-refractivity contribution in [2.45, 2.75) is 19.8 Å². The smallest absolute Gasteiger partial charge is 0.240 e. The zero-order valence-corrected chi connectivity index (χ0v) is 15.1. The highest BCUT2D eigenvalue weighted by Gasteiger charge is 2.56. The first-order valence-electron chi connectivity index (χ1n) is 8.40. The fourth-order valence-electron chi connectivity index (χ4n) is 2.82. The Balaban J connectivity index is 1.72. The Labute approximate surface area is 152 Å². The average molecular weight is 354 g/mol. The summed E-state index contributed by atoms with van der Waals surface area (Å²) >= 11 is 0. The van der Waals surface area contributed by atoms with Crippen LogP contribution in [0.1, 0.15) is 18.4 Å². The van der Waals surface area contributed by atoms with Crippen LogP contribution >= 0.6 is 0 Å². The Bertz CT molecular complexity index is 843. The van der Waals surface area contributed by atoms with Crippen molar-refractivity contribution in [3.05, 3.63) is 48.0 Å². The number of hydrogen-bond acceptors (Lipinski definition) is 4. The summed E-state index contributed by atoms with van der Waals surface area (Å²) in [6.07, 6.45) is 1.06. The molecule has 2 N–H and O–H groups in total. The number of nitrogens with one attached hydrogen (secondary N) is 2.